The summed E-state index contributed by atoms with van der Waals surface area (Å²) in [6.45, 7) is 4.02. The fraction of sp³-hybridized carbons (Fsp3) is 0.692. The summed E-state index contributed by atoms with van der Waals surface area (Å²) in [5, 5.41) is -3.59. The molecule has 4 nitrogen and oxygen atoms in total. The summed E-state index contributed by atoms with van der Waals surface area (Å²) in [4.78, 5) is 7.35. The molecule has 0 N–H and O–H groups in total. The molecule has 2 atom stereocenters. The van der Waals surface area contributed by atoms with Gasteiger partial charge in [0.2, 0.25) is 0 Å². The van der Waals surface area contributed by atoms with Gasteiger partial charge in [0.05, 0.1) is 18.3 Å². The summed E-state index contributed by atoms with van der Waals surface area (Å²) < 4.78 is 38.2. The third-order valence-electron chi connectivity index (χ3n) is 3.29. The predicted molar refractivity (Wildman–Crippen MR) is 69.5 cm³/mol. The third kappa shape index (κ3) is 3.24. The Morgan fingerprint density at radius 1 is 1.55 bits per heavy atom. The van der Waals surface area contributed by atoms with Crippen molar-refractivity contribution >= 4 is 11.6 Å². The minimum Gasteiger partial charge on any atom is -0.343 e. The summed E-state index contributed by atoms with van der Waals surface area (Å²) in [6, 6.07) is 0. The van der Waals surface area contributed by atoms with E-state index in [9.17, 15) is 8.78 Å². The van der Waals surface area contributed by atoms with Gasteiger partial charge >= 0.3 is 5.38 Å². The van der Waals surface area contributed by atoms with E-state index in [1.54, 1.807) is 6.92 Å². The summed E-state index contributed by atoms with van der Waals surface area (Å²) in [6.07, 6.45) is 5.04. The van der Waals surface area contributed by atoms with Crippen molar-refractivity contribution in [3.8, 4) is 0 Å². The van der Waals surface area contributed by atoms with E-state index >= 15 is 0 Å². The van der Waals surface area contributed by atoms with Crippen molar-refractivity contribution in [1.82, 2.24) is 9.97 Å². The molecule has 112 valence electrons. The smallest absolute Gasteiger partial charge is 0.343 e. The predicted octanol–water partition coefficient (Wildman–Crippen LogP) is 3.54. The first-order chi connectivity index (χ1) is 9.37. The van der Waals surface area contributed by atoms with E-state index in [-0.39, 0.29) is 11.7 Å². The van der Waals surface area contributed by atoms with E-state index in [4.69, 9.17) is 21.1 Å². The normalized spacial score (nSPS) is 26.9. The van der Waals surface area contributed by atoms with Crippen molar-refractivity contribution in [3.63, 3.8) is 0 Å². The molecule has 0 amide bonds. The molecule has 7 heteroatoms. The largest absolute Gasteiger partial charge is 0.365 e. The quantitative estimate of drug-likeness (QED) is 0.780. The summed E-state index contributed by atoms with van der Waals surface area (Å²) in [5.41, 5.74) is -0.508. The van der Waals surface area contributed by atoms with Gasteiger partial charge in [-0.25, -0.2) is 9.97 Å². The van der Waals surface area contributed by atoms with Gasteiger partial charge in [-0.3, -0.25) is 0 Å². The molecular formula is C13H17ClF2N2O2. The van der Waals surface area contributed by atoms with Crippen molar-refractivity contribution in [2.45, 2.75) is 50.4 Å². The molecule has 0 saturated carbocycles. The van der Waals surface area contributed by atoms with Crippen LogP contribution in [0, 0.1) is 0 Å². The van der Waals surface area contributed by atoms with Crippen LogP contribution >= 0.6 is 11.6 Å². The minimum absolute atomic E-state index is 0.0685. The number of ether oxygens (including phenoxy) is 2. The Labute approximate surface area is 121 Å². The lowest BCUT2D eigenvalue weighted by atomic mass is 10.1. The highest BCUT2D eigenvalue weighted by molar-refractivity contribution is 6.21. The van der Waals surface area contributed by atoms with Gasteiger partial charge in [0.1, 0.15) is 12.0 Å². The topological polar surface area (TPSA) is 44.2 Å². The molecule has 0 bridgehead atoms. The Balaban J connectivity index is 2.24. The maximum Gasteiger partial charge on any atom is 0.365 e. The van der Waals surface area contributed by atoms with Crippen LogP contribution in [0.2, 0.25) is 0 Å². The van der Waals surface area contributed by atoms with Crippen LogP contribution in [-0.4, -0.2) is 22.7 Å². The fourth-order valence-corrected chi connectivity index (χ4v) is 2.39. The molecule has 0 spiro atoms. The molecule has 1 fully saturated rings. The van der Waals surface area contributed by atoms with E-state index in [1.807, 2.05) is 0 Å². The summed E-state index contributed by atoms with van der Waals surface area (Å²) >= 11 is 5.09. The first-order valence-corrected chi connectivity index (χ1v) is 6.94. The first-order valence-electron chi connectivity index (χ1n) is 6.56. The van der Waals surface area contributed by atoms with E-state index in [0.29, 0.717) is 6.61 Å². The van der Waals surface area contributed by atoms with Gasteiger partial charge < -0.3 is 9.47 Å². The number of alkyl halides is 3. The Morgan fingerprint density at radius 3 is 2.95 bits per heavy atom. The molecule has 1 aliphatic rings. The minimum atomic E-state index is -3.59. The van der Waals surface area contributed by atoms with Crippen molar-refractivity contribution in [3.05, 3.63) is 23.8 Å². The molecule has 2 rings (SSSR count). The summed E-state index contributed by atoms with van der Waals surface area (Å²) in [5.74, 6) is -1.28. The van der Waals surface area contributed by atoms with Gasteiger partial charge in [0, 0.05) is 6.20 Å². The molecule has 1 aromatic heterocycles. The lowest BCUT2D eigenvalue weighted by Gasteiger charge is -2.26. The fourth-order valence-electron chi connectivity index (χ4n) is 2.24. The lowest BCUT2D eigenvalue weighted by Crippen LogP contribution is -2.28. The SMILES string of the molecule is CCCCC1COC(C)(c2cncnc2C(F)(F)Cl)O1. The Hall–Kier alpha value is -0.850. The van der Waals surface area contributed by atoms with Gasteiger partial charge in [-0.05, 0) is 24.9 Å². The Kier molecular flexibility index (Phi) is 4.56. The van der Waals surface area contributed by atoms with E-state index < -0.39 is 16.9 Å². The van der Waals surface area contributed by atoms with Crippen molar-refractivity contribution in [2.75, 3.05) is 6.61 Å². The van der Waals surface area contributed by atoms with Crippen LogP contribution in [-0.2, 0) is 20.6 Å². The number of nitrogens with zero attached hydrogens (tertiary/aromatic N) is 2. The van der Waals surface area contributed by atoms with Crippen molar-refractivity contribution in [2.24, 2.45) is 0 Å². The highest BCUT2D eigenvalue weighted by Gasteiger charge is 2.45. The molecule has 20 heavy (non-hydrogen) atoms. The molecule has 1 aromatic rings. The number of hydrogen-bond donors (Lipinski definition) is 0. The van der Waals surface area contributed by atoms with Crippen LogP contribution < -0.4 is 0 Å². The number of aromatic nitrogens is 2. The molecule has 0 aliphatic carbocycles. The third-order valence-corrected chi connectivity index (χ3v) is 3.46. The van der Waals surface area contributed by atoms with Crippen LogP contribution in [0.15, 0.2) is 12.5 Å². The molecule has 0 radical (unpaired) electrons. The van der Waals surface area contributed by atoms with Gasteiger partial charge in [0.15, 0.2) is 5.79 Å². The second kappa shape index (κ2) is 5.87. The monoisotopic (exact) mass is 306 g/mol. The average molecular weight is 307 g/mol. The van der Waals surface area contributed by atoms with E-state index in [1.165, 1.54) is 6.20 Å². The molecular weight excluding hydrogens is 290 g/mol. The number of unbranched alkanes of at least 4 members (excludes halogenated alkanes) is 1. The zero-order valence-electron chi connectivity index (χ0n) is 11.4. The number of hydrogen-bond acceptors (Lipinski definition) is 4. The Morgan fingerprint density at radius 2 is 2.30 bits per heavy atom. The zero-order valence-corrected chi connectivity index (χ0v) is 12.2. The van der Waals surface area contributed by atoms with Gasteiger partial charge in [-0.1, -0.05) is 19.8 Å². The number of halogens is 3. The lowest BCUT2D eigenvalue weighted by molar-refractivity contribution is -0.164. The van der Waals surface area contributed by atoms with Crippen LogP contribution in [0.1, 0.15) is 44.4 Å². The second-order valence-corrected chi connectivity index (χ2v) is 5.40. The highest BCUT2D eigenvalue weighted by Crippen LogP contribution is 2.41. The van der Waals surface area contributed by atoms with E-state index in [0.717, 1.165) is 25.6 Å². The summed E-state index contributed by atoms with van der Waals surface area (Å²) in [7, 11) is 0. The maximum atomic E-state index is 13.4. The van der Waals surface area contributed by atoms with Crippen LogP contribution in [0.4, 0.5) is 8.78 Å². The van der Waals surface area contributed by atoms with Crippen LogP contribution in [0.5, 0.6) is 0 Å². The van der Waals surface area contributed by atoms with Gasteiger partial charge in [-0.2, -0.15) is 8.78 Å². The van der Waals surface area contributed by atoms with Crippen molar-refractivity contribution in [1.29, 1.82) is 0 Å². The molecule has 1 saturated heterocycles. The van der Waals surface area contributed by atoms with Gasteiger partial charge in [-0.15, -0.1) is 0 Å². The standard InChI is InChI=1S/C13H17ClF2N2O2/c1-3-4-5-9-7-19-12(2,20-9)10-6-17-8-18-11(10)13(14,15)16/h6,8-9H,3-5,7H2,1-2H3. The van der Waals surface area contributed by atoms with Crippen LogP contribution in [0.25, 0.3) is 0 Å². The van der Waals surface area contributed by atoms with Crippen molar-refractivity contribution < 1.29 is 18.3 Å². The zero-order chi connectivity index (χ0) is 14.8. The number of rotatable bonds is 5. The average Bonchev–Trinajstić information content (AvgIpc) is 2.78. The van der Waals surface area contributed by atoms with E-state index in [2.05, 4.69) is 16.9 Å². The molecule has 1 aliphatic heterocycles. The molecule has 0 aromatic carbocycles. The molecule has 2 unspecified atom stereocenters. The second-order valence-electron chi connectivity index (χ2n) is 4.92. The van der Waals surface area contributed by atoms with Gasteiger partial charge in [0.25, 0.3) is 0 Å². The Bertz CT molecular complexity index is 470. The highest BCUT2D eigenvalue weighted by atomic mass is 35.5. The first kappa shape index (κ1) is 15.5. The molecule has 2 heterocycles. The van der Waals surface area contributed by atoms with Crippen LogP contribution in [0.3, 0.4) is 0 Å². The maximum absolute atomic E-state index is 13.4.